The van der Waals surface area contributed by atoms with Gasteiger partial charge in [0.1, 0.15) is 4.60 Å². The molecule has 0 saturated carbocycles. The van der Waals surface area contributed by atoms with E-state index >= 15 is 0 Å². The Morgan fingerprint density at radius 1 is 1.27 bits per heavy atom. The van der Waals surface area contributed by atoms with Gasteiger partial charge in [0.15, 0.2) is 10.8 Å². The number of hydrogen-bond acceptors (Lipinski definition) is 6. The molecule has 112 valence electrons. The molecule has 0 fully saturated rings. The lowest BCUT2D eigenvalue weighted by Crippen LogP contribution is -2.16. The molecular weight excluding hydrogens is 368 g/mol. The van der Waals surface area contributed by atoms with E-state index in [9.17, 15) is 4.79 Å². The fourth-order valence-electron chi connectivity index (χ4n) is 1.84. The molecule has 3 rings (SSSR count). The molecule has 1 amide bonds. The lowest BCUT2D eigenvalue weighted by molar-refractivity contribution is 0.101. The average Bonchev–Trinajstić information content (AvgIpc) is 2.92. The van der Waals surface area contributed by atoms with Crippen LogP contribution in [0.5, 0.6) is 5.88 Å². The van der Waals surface area contributed by atoms with Gasteiger partial charge in [0, 0.05) is 5.38 Å². The van der Waals surface area contributed by atoms with Crippen LogP contribution in [0.25, 0.3) is 11.0 Å². The van der Waals surface area contributed by atoms with E-state index < -0.39 is 5.91 Å². The van der Waals surface area contributed by atoms with Crippen molar-refractivity contribution in [1.82, 2.24) is 15.0 Å². The van der Waals surface area contributed by atoms with Gasteiger partial charge in [-0.25, -0.2) is 15.0 Å². The number of carbonyl (C=O) groups excluding carboxylic acids is 1. The molecule has 0 unspecified atom stereocenters. The fourth-order valence-corrected chi connectivity index (χ4v) is 2.98. The van der Waals surface area contributed by atoms with Gasteiger partial charge in [-0.1, -0.05) is 12.1 Å². The van der Waals surface area contributed by atoms with Gasteiger partial charge in [0.05, 0.1) is 17.6 Å². The van der Waals surface area contributed by atoms with E-state index in [1.165, 1.54) is 11.3 Å². The first-order valence-electron chi connectivity index (χ1n) is 6.49. The lowest BCUT2D eigenvalue weighted by Gasteiger charge is -2.09. The number of amides is 1. The van der Waals surface area contributed by atoms with Crippen molar-refractivity contribution in [3.8, 4) is 5.88 Å². The van der Waals surface area contributed by atoms with E-state index in [-0.39, 0.29) is 11.6 Å². The van der Waals surface area contributed by atoms with Crippen molar-refractivity contribution >= 4 is 49.3 Å². The van der Waals surface area contributed by atoms with E-state index in [1.807, 2.05) is 25.1 Å². The average molecular weight is 379 g/mol. The largest absolute Gasteiger partial charge is 0.476 e. The summed E-state index contributed by atoms with van der Waals surface area (Å²) in [7, 11) is 0. The number of carbonyl (C=O) groups is 1. The molecule has 0 aliphatic carbocycles. The van der Waals surface area contributed by atoms with Gasteiger partial charge in [-0.05, 0) is 35.0 Å². The predicted molar refractivity (Wildman–Crippen MR) is 88.5 cm³/mol. The Kier molecular flexibility index (Phi) is 4.30. The highest BCUT2D eigenvalue weighted by atomic mass is 79.9. The lowest BCUT2D eigenvalue weighted by atomic mass is 10.3. The van der Waals surface area contributed by atoms with E-state index in [4.69, 9.17) is 4.74 Å². The van der Waals surface area contributed by atoms with Crippen LogP contribution in [0, 0.1) is 0 Å². The van der Waals surface area contributed by atoms with Crippen molar-refractivity contribution in [3.63, 3.8) is 0 Å². The normalized spacial score (nSPS) is 10.6. The summed E-state index contributed by atoms with van der Waals surface area (Å²) in [5.74, 6) is -0.183. The highest BCUT2D eigenvalue weighted by Crippen LogP contribution is 2.23. The molecule has 8 heteroatoms. The van der Waals surface area contributed by atoms with Crippen LogP contribution >= 0.6 is 27.3 Å². The number of rotatable bonds is 4. The van der Waals surface area contributed by atoms with Crippen molar-refractivity contribution in [3.05, 3.63) is 39.9 Å². The molecule has 0 spiro atoms. The van der Waals surface area contributed by atoms with Crippen LogP contribution < -0.4 is 10.1 Å². The molecule has 2 heterocycles. The molecule has 0 saturated heterocycles. The summed E-state index contributed by atoms with van der Waals surface area (Å²) in [6.07, 6.45) is 0. The molecule has 0 aliphatic heterocycles. The monoisotopic (exact) mass is 378 g/mol. The first-order valence-corrected chi connectivity index (χ1v) is 8.16. The highest BCUT2D eigenvalue weighted by Gasteiger charge is 2.18. The Hall–Kier alpha value is -2.06. The van der Waals surface area contributed by atoms with E-state index in [2.05, 4.69) is 36.2 Å². The Morgan fingerprint density at radius 3 is 2.64 bits per heavy atom. The molecule has 22 heavy (non-hydrogen) atoms. The van der Waals surface area contributed by atoms with Crippen molar-refractivity contribution in [2.24, 2.45) is 0 Å². The SMILES string of the molecule is CCOc1nc2ccccc2nc1C(=O)Nc1nc(Br)cs1. The van der Waals surface area contributed by atoms with Crippen LogP contribution in [-0.2, 0) is 0 Å². The maximum Gasteiger partial charge on any atom is 0.281 e. The summed E-state index contributed by atoms with van der Waals surface area (Å²) >= 11 is 4.56. The second-order valence-electron chi connectivity index (χ2n) is 4.23. The highest BCUT2D eigenvalue weighted by molar-refractivity contribution is 9.10. The van der Waals surface area contributed by atoms with Gasteiger partial charge in [0.2, 0.25) is 5.88 Å². The van der Waals surface area contributed by atoms with Crippen LogP contribution in [0.15, 0.2) is 34.2 Å². The summed E-state index contributed by atoms with van der Waals surface area (Å²) < 4.78 is 6.12. The zero-order valence-electron chi connectivity index (χ0n) is 11.5. The molecule has 0 radical (unpaired) electrons. The molecular formula is C14H11BrN4O2S. The molecule has 2 aromatic heterocycles. The molecule has 0 atom stereocenters. The number of benzene rings is 1. The first kappa shape index (κ1) is 14.9. The minimum absolute atomic E-state index is 0.145. The number of fused-ring (bicyclic) bond motifs is 1. The third-order valence-corrected chi connectivity index (χ3v) is 4.20. The summed E-state index contributed by atoms with van der Waals surface area (Å²) in [5.41, 5.74) is 1.46. The third-order valence-electron chi connectivity index (χ3n) is 2.73. The Labute approximate surface area is 138 Å². The first-order chi connectivity index (χ1) is 10.7. The van der Waals surface area contributed by atoms with Crippen LogP contribution in [0.3, 0.4) is 0 Å². The van der Waals surface area contributed by atoms with Gasteiger partial charge in [0.25, 0.3) is 5.91 Å². The second kappa shape index (κ2) is 6.37. The van der Waals surface area contributed by atoms with Crippen LogP contribution in [0.1, 0.15) is 17.4 Å². The van der Waals surface area contributed by atoms with E-state index in [1.54, 1.807) is 11.4 Å². The van der Waals surface area contributed by atoms with Gasteiger partial charge in [-0.2, -0.15) is 0 Å². The number of nitrogens with zero attached hydrogens (tertiary/aromatic N) is 3. The van der Waals surface area contributed by atoms with E-state index in [0.29, 0.717) is 27.4 Å². The fraction of sp³-hybridized carbons (Fsp3) is 0.143. The van der Waals surface area contributed by atoms with Gasteiger partial charge >= 0.3 is 0 Å². The van der Waals surface area contributed by atoms with Crippen LogP contribution in [0.4, 0.5) is 5.13 Å². The van der Waals surface area contributed by atoms with Crippen molar-refractivity contribution in [1.29, 1.82) is 0 Å². The summed E-state index contributed by atoms with van der Waals surface area (Å²) in [6, 6.07) is 7.33. The third kappa shape index (κ3) is 3.07. The molecule has 6 nitrogen and oxygen atoms in total. The zero-order valence-corrected chi connectivity index (χ0v) is 13.9. The Balaban J connectivity index is 1.99. The topological polar surface area (TPSA) is 77.0 Å². The van der Waals surface area contributed by atoms with Gasteiger partial charge in [-0.3, -0.25) is 10.1 Å². The molecule has 1 aromatic carbocycles. The zero-order chi connectivity index (χ0) is 15.5. The number of ether oxygens (including phenoxy) is 1. The standard InChI is InChI=1S/C14H11BrN4O2S/c1-2-21-13-11(12(20)19-14-18-10(15)7-22-14)16-8-5-3-4-6-9(8)17-13/h3-7H,2H2,1H3,(H,18,19,20). The number of para-hydroxylation sites is 2. The quantitative estimate of drug-likeness (QED) is 0.751. The van der Waals surface area contributed by atoms with Gasteiger partial charge in [-0.15, -0.1) is 11.3 Å². The summed E-state index contributed by atoms with van der Waals surface area (Å²) in [5, 5.41) is 4.96. The number of anilines is 1. The second-order valence-corrected chi connectivity index (χ2v) is 5.90. The predicted octanol–water partition coefficient (Wildman–Crippen LogP) is 3.50. The van der Waals surface area contributed by atoms with Crippen LogP contribution in [-0.4, -0.2) is 27.5 Å². The maximum absolute atomic E-state index is 12.4. The number of halogens is 1. The minimum atomic E-state index is -0.399. The van der Waals surface area contributed by atoms with E-state index in [0.717, 1.165) is 0 Å². The van der Waals surface area contributed by atoms with Gasteiger partial charge < -0.3 is 4.74 Å². The molecule has 3 aromatic rings. The van der Waals surface area contributed by atoms with Crippen molar-refractivity contribution < 1.29 is 9.53 Å². The smallest absolute Gasteiger partial charge is 0.281 e. The molecule has 1 N–H and O–H groups in total. The van der Waals surface area contributed by atoms with Crippen LogP contribution in [0.2, 0.25) is 0 Å². The number of hydrogen-bond donors (Lipinski definition) is 1. The number of nitrogens with one attached hydrogen (secondary N) is 1. The molecule has 0 bridgehead atoms. The van der Waals surface area contributed by atoms with Crippen molar-refractivity contribution in [2.45, 2.75) is 6.92 Å². The number of aromatic nitrogens is 3. The summed E-state index contributed by atoms with van der Waals surface area (Å²) in [6.45, 7) is 2.23. The summed E-state index contributed by atoms with van der Waals surface area (Å²) in [4.78, 5) is 25.3. The Morgan fingerprint density at radius 2 is 2.00 bits per heavy atom. The maximum atomic E-state index is 12.4. The van der Waals surface area contributed by atoms with Crippen molar-refractivity contribution in [2.75, 3.05) is 11.9 Å². The minimum Gasteiger partial charge on any atom is -0.476 e. The Bertz CT molecular complexity index is 837. The molecule has 0 aliphatic rings. The number of thiazole rings is 1.